The maximum atomic E-state index is 12.7. The number of para-hydroxylation sites is 1. The third-order valence-corrected chi connectivity index (χ3v) is 5.01. The lowest BCUT2D eigenvalue weighted by Crippen LogP contribution is -2.25. The van der Waals surface area contributed by atoms with Gasteiger partial charge < -0.3 is 15.4 Å². The van der Waals surface area contributed by atoms with E-state index >= 15 is 0 Å². The van der Waals surface area contributed by atoms with Crippen molar-refractivity contribution < 1.29 is 9.53 Å². The highest BCUT2D eigenvalue weighted by Gasteiger charge is 2.25. The van der Waals surface area contributed by atoms with E-state index < -0.39 is 0 Å². The first-order valence-electron chi connectivity index (χ1n) is 9.72. The highest BCUT2D eigenvalue weighted by atomic mass is 16.5. The Hall–Kier alpha value is -3.08. The average Bonchev–Trinajstić information content (AvgIpc) is 3.51. The van der Waals surface area contributed by atoms with Crippen molar-refractivity contribution in [2.75, 3.05) is 19.0 Å². The summed E-state index contributed by atoms with van der Waals surface area (Å²) >= 11 is 0. The number of pyridine rings is 1. The summed E-state index contributed by atoms with van der Waals surface area (Å²) in [5.74, 6) is 1.58. The molecule has 4 rings (SSSR count). The van der Waals surface area contributed by atoms with Gasteiger partial charge in [-0.3, -0.25) is 4.79 Å². The second-order valence-electron chi connectivity index (χ2n) is 7.31. The molecular formula is C23H25N3O2. The number of aryl methyl sites for hydroxylation is 1. The largest absolute Gasteiger partial charge is 0.496 e. The predicted molar refractivity (Wildman–Crippen MR) is 112 cm³/mol. The van der Waals surface area contributed by atoms with Gasteiger partial charge in [0.15, 0.2) is 0 Å². The molecule has 0 radical (unpaired) electrons. The molecular weight excluding hydrogens is 350 g/mol. The third-order valence-electron chi connectivity index (χ3n) is 5.01. The standard InChI is InChI=1S/C23H25N3O2/c1-15-7-10-21(28-2)16(13-15)11-12-24-22-14-19(23(27)25-17-8-9-17)18-5-3-4-6-20(18)26-22/h3-7,10,13-14,17H,8-9,11-12H2,1-2H3,(H,24,26)(H,25,27). The number of hydrogen-bond acceptors (Lipinski definition) is 4. The molecule has 0 unspecified atom stereocenters. The molecule has 5 heteroatoms. The summed E-state index contributed by atoms with van der Waals surface area (Å²) in [7, 11) is 1.69. The quantitative estimate of drug-likeness (QED) is 0.653. The van der Waals surface area contributed by atoms with Gasteiger partial charge in [0.05, 0.1) is 18.2 Å². The fraction of sp³-hybridized carbons (Fsp3) is 0.304. The molecule has 1 aromatic heterocycles. The molecule has 1 fully saturated rings. The number of benzene rings is 2. The Morgan fingerprint density at radius 2 is 2.00 bits per heavy atom. The number of ether oxygens (including phenoxy) is 1. The van der Waals surface area contributed by atoms with E-state index in [1.807, 2.05) is 42.5 Å². The average molecular weight is 375 g/mol. The summed E-state index contributed by atoms with van der Waals surface area (Å²) in [5.41, 5.74) is 3.86. The van der Waals surface area contributed by atoms with Gasteiger partial charge in [0.1, 0.15) is 11.6 Å². The highest BCUT2D eigenvalue weighted by Crippen LogP contribution is 2.24. The van der Waals surface area contributed by atoms with Crippen LogP contribution in [0.15, 0.2) is 48.5 Å². The van der Waals surface area contributed by atoms with E-state index in [1.165, 1.54) is 5.56 Å². The highest BCUT2D eigenvalue weighted by molar-refractivity contribution is 6.07. The lowest BCUT2D eigenvalue weighted by molar-refractivity contribution is 0.0952. The minimum absolute atomic E-state index is 0.0236. The lowest BCUT2D eigenvalue weighted by atomic mass is 10.1. The SMILES string of the molecule is COc1ccc(C)cc1CCNc1cc(C(=O)NC2CC2)c2ccccc2n1. The summed E-state index contributed by atoms with van der Waals surface area (Å²) in [5, 5.41) is 7.34. The maximum Gasteiger partial charge on any atom is 0.252 e. The minimum Gasteiger partial charge on any atom is -0.496 e. The topological polar surface area (TPSA) is 63.2 Å². The van der Waals surface area contributed by atoms with Crippen LogP contribution in [-0.4, -0.2) is 30.6 Å². The van der Waals surface area contributed by atoms with Gasteiger partial charge in [-0.25, -0.2) is 4.98 Å². The normalized spacial score (nSPS) is 13.4. The Kier molecular flexibility index (Phi) is 5.15. The molecule has 0 spiro atoms. The zero-order valence-electron chi connectivity index (χ0n) is 16.3. The van der Waals surface area contributed by atoms with Crippen LogP contribution in [0.1, 0.15) is 34.3 Å². The third kappa shape index (κ3) is 4.09. The molecule has 3 aromatic rings. The zero-order chi connectivity index (χ0) is 19.5. The molecule has 0 bridgehead atoms. The van der Waals surface area contributed by atoms with Crippen LogP contribution in [0.25, 0.3) is 10.9 Å². The molecule has 2 N–H and O–H groups in total. The van der Waals surface area contributed by atoms with Crippen LogP contribution < -0.4 is 15.4 Å². The van der Waals surface area contributed by atoms with E-state index in [-0.39, 0.29) is 5.91 Å². The smallest absolute Gasteiger partial charge is 0.252 e. The number of fused-ring (bicyclic) bond motifs is 1. The van der Waals surface area contributed by atoms with Crippen LogP contribution >= 0.6 is 0 Å². The number of methoxy groups -OCH3 is 1. The number of nitrogens with zero attached hydrogens (tertiary/aromatic N) is 1. The Balaban J connectivity index is 1.54. The number of nitrogens with one attached hydrogen (secondary N) is 2. The predicted octanol–water partition coefficient (Wildman–Crippen LogP) is 4.10. The van der Waals surface area contributed by atoms with Gasteiger partial charge in [-0.15, -0.1) is 0 Å². The lowest BCUT2D eigenvalue weighted by Gasteiger charge is -2.13. The number of carbonyl (C=O) groups excluding carboxylic acids is 1. The number of amides is 1. The second kappa shape index (κ2) is 7.89. The first kappa shape index (κ1) is 18.3. The van der Waals surface area contributed by atoms with Crippen LogP contribution in [0.3, 0.4) is 0 Å². The number of anilines is 1. The Labute approximate surface area is 165 Å². The van der Waals surface area contributed by atoms with E-state index in [0.29, 0.717) is 24.0 Å². The van der Waals surface area contributed by atoms with E-state index in [0.717, 1.165) is 41.5 Å². The fourth-order valence-corrected chi connectivity index (χ4v) is 3.37. The summed E-state index contributed by atoms with van der Waals surface area (Å²) in [6.45, 7) is 2.78. The van der Waals surface area contributed by atoms with Crippen molar-refractivity contribution in [3.05, 3.63) is 65.2 Å². The molecule has 28 heavy (non-hydrogen) atoms. The van der Waals surface area contributed by atoms with Crippen molar-refractivity contribution >= 4 is 22.6 Å². The van der Waals surface area contributed by atoms with E-state index in [9.17, 15) is 4.79 Å². The van der Waals surface area contributed by atoms with Gasteiger partial charge in [-0.2, -0.15) is 0 Å². The molecule has 1 heterocycles. The van der Waals surface area contributed by atoms with Crippen LogP contribution in [0.2, 0.25) is 0 Å². The van der Waals surface area contributed by atoms with Crippen molar-refractivity contribution in [1.29, 1.82) is 0 Å². The molecule has 5 nitrogen and oxygen atoms in total. The van der Waals surface area contributed by atoms with Crippen LogP contribution in [0.5, 0.6) is 5.75 Å². The van der Waals surface area contributed by atoms with Crippen molar-refractivity contribution in [2.45, 2.75) is 32.2 Å². The van der Waals surface area contributed by atoms with Gasteiger partial charge >= 0.3 is 0 Å². The second-order valence-corrected chi connectivity index (χ2v) is 7.31. The van der Waals surface area contributed by atoms with Gasteiger partial charge in [0, 0.05) is 18.0 Å². The molecule has 1 aliphatic carbocycles. The molecule has 0 saturated heterocycles. The molecule has 0 aliphatic heterocycles. The Morgan fingerprint density at radius 1 is 1.18 bits per heavy atom. The van der Waals surface area contributed by atoms with Crippen molar-refractivity contribution in [3.63, 3.8) is 0 Å². The van der Waals surface area contributed by atoms with Crippen LogP contribution in [-0.2, 0) is 6.42 Å². The molecule has 0 atom stereocenters. The van der Waals surface area contributed by atoms with Gasteiger partial charge in [0.25, 0.3) is 5.91 Å². The first-order valence-corrected chi connectivity index (χ1v) is 9.72. The molecule has 2 aromatic carbocycles. The van der Waals surface area contributed by atoms with Gasteiger partial charge in [-0.1, -0.05) is 35.9 Å². The Morgan fingerprint density at radius 3 is 2.79 bits per heavy atom. The van der Waals surface area contributed by atoms with Crippen LogP contribution in [0.4, 0.5) is 5.82 Å². The summed E-state index contributed by atoms with van der Waals surface area (Å²) < 4.78 is 5.46. The molecule has 144 valence electrons. The number of carbonyl (C=O) groups is 1. The van der Waals surface area contributed by atoms with Gasteiger partial charge in [0.2, 0.25) is 0 Å². The number of rotatable bonds is 7. The fourth-order valence-electron chi connectivity index (χ4n) is 3.37. The Bertz CT molecular complexity index is 1010. The number of hydrogen-bond donors (Lipinski definition) is 2. The number of aromatic nitrogens is 1. The maximum absolute atomic E-state index is 12.7. The zero-order valence-corrected chi connectivity index (χ0v) is 16.3. The summed E-state index contributed by atoms with van der Waals surface area (Å²) in [4.78, 5) is 17.4. The molecule has 1 aliphatic rings. The van der Waals surface area contributed by atoms with E-state index in [4.69, 9.17) is 4.74 Å². The molecule has 1 saturated carbocycles. The first-order chi connectivity index (χ1) is 13.6. The van der Waals surface area contributed by atoms with Crippen LogP contribution in [0, 0.1) is 6.92 Å². The van der Waals surface area contributed by atoms with Crippen molar-refractivity contribution in [2.24, 2.45) is 0 Å². The van der Waals surface area contributed by atoms with E-state index in [2.05, 4.69) is 28.6 Å². The van der Waals surface area contributed by atoms with Crippen molar-refractivity contribution in [3.8, 4) is 5.75 Å². The van der Waals surface area contributed by atoms with E-state index in [1.54, 1.807) is 7.11 Å². The minimum atomic E-state index is -0.0236. The summed E-state index contributed by atoms with van der Waals surface area (Å²) in [6.07, 6.45) is 2.94. The summed E-state index contributed by atoms with van der Waals surface area (Å²) in [6, 6.07) is 16.1. The molecule has 1 amide bonds. The van der Waals surface area contributed by atoms with Crippen molar-refractivity contribution in [1.82, 2.24) is 10.3 Å². The van der Waals surface area contributed by atoms with Gasteiger partial charge in [-0.05, 0) is 49.9 Å². The monoisotopic (exact) mass is 375 g/mol.